The summed E-state index contributed by atoms with van der Waals surface area (Å²) in [5.74, 6) is 12.5. The van der Waals surface area contributed by atoms with Gasteiger partial charge in [-0.3, -0.25) is 4.79 Å². The van der Waals surface area contributed by atoms with Crippen molar-refractivity contribution in [2.45, 2.75) is 89.9 Å². The van der Waals surface area contributed by atoms with Gasteiger partial charge in [-0.2, -0.15) is 0 Å². The van der Waals surface area contributed by atoms with Gasteiger partial charge in [0.2, 0.25) is 0 Å². The fourth-order valence-electron chi connectivity index (χ4n) is 8.10. The Hall–Kier alpha value is -0.530. The monoisotopic (exact) mass is 410 g/mol. The summed E-state index contributed by atoms with van der Waals surface area (Å²) in [7, 11) is 0. The Kier molecular flexibility index (Phi) is 4.58. The van der Waals surface area contributed by atoms with E-state index in [1.807, 2.05) is 0 Å². The number of carbonyl (C=O) groups is 1. The third kappa shape index (κ3) is 4.36. The molecule has 1 aliphatic heterocycles. The third-order valence-corrected chi connectivity index (χ3v) is 10.9. The molecule has 0 bridgehead atoms. The molecule has 0 aromatic heterocycles. The van der Waals surface area contributed by atoms with Crippen LogP contribution in [0, 0.1) is 71.0 Å². The number of hydrogen-bond acceptors (Lipinski definition) is 2. The molecule has 7 fully saturated rings. The van der Waals surface area contributed by atoms with Crippen LogP contribution in [0.2, 0.25) is 0 Å². The predicted molar refractivity (Wildman–Crippen MR) is 117 cm³/mol. The van der Waals surface area contributed by atoms with Gasteiger partial charge < -0.3 is 4.74 Å². The molecule has 1 saturated heterocycles. The summed E-state index contributed by atoms with van der Waals surface area (Å²) in [6.07, 6.45) is 19.7. The smallest absolute Gasteiger partial charge is 0.305 e. The molecule has 6 saturated carbocycles. The quantitative estimate of drug-likeness (QED) is 0.427. The summed E-state index contributed by atoms with van der Waals surface area (Å²) in [5, 5.41) is 0. The zero-order chi connectivity index (χ0) is 19.8. The Morgan fingerprint density at radius 2 is 0.733 bits per heavy atom. The maximum atomic E-state index is 12.1. The summed E-state index contributed by atoms with van der Waals surface area (Å²) in [4.78, 5) is 12.1. The molecular formula is C28H42O2. The Labute approximate surface area is 183 Å². The first-order valence-electron chi connectivity index (χ1n) is 13.8. The van der Waals surface area contributed by atoms with Gasteiger partial charge in [0.1, 0.15) is 0 Å². The SMILES string of the molecule is O=C1CCC2CC2CC2CC2CC2CC2CC2CC2CC2CC2CC2CC2CCO1. The number of ether oxygens (including phenoxy) is 1. The molecule has 2 heteroatoms. The first kappa shape index (κ1) is 19.0. The number of carbonyl (C=O) groups excluding carboxylic acids is 1. The van der Waals surface area contributed by atoms with E-state index >= 15 is 0 Å². The molecular weight excluding hydrogens is 368 g/mol. The first-order valence-corrected chi connectivity index (χ1v) is 13.8. The van der Waals surface area contributed by atoms with Crippen molar-refractivity contribution in [2.24, 2.45) is 71.0 Å². The fraction of sp³-hybridized carbons (Fsp3) is 0.964. The van der Waals surface area contributed by atoms with Crippen molar-refractivity contribution in [2.75, 3.05) is 6.61 Å². The van der Waals surface area contributed by atoms with Crippen LogP contribution in [0.15, 0.2) is 0 Å². The lowest BCUT2D eigenvalue weighted by Gasteiger charge is -2.05. The van der Waals surface area contributed by atoms with Crippen molar-refractivity contribution in [3.8, 4) is 0 Å². The molecule has 0 spiro atoms. The highest BCUT2D eigenvalue weighted by Gasteiger charge is 2.52. The fourth-order valence-corrected chi connectivity index (χ4v) is 8.10. The summed E-state index contributed by atoms with van der Waals surface area (Å²) >= 11 is 0. The molecule has 30 heavy (non-hydrogen) atoms. The minimum absolute atomic E-state index is 0.0848. The maximum absolute atomic E-state index is 12.1. The zero-order valence-corrected chi connectivity index (χ0v) is 18.9. The summed E-state index contributed by atoms with van der Waals surface area (Å²) in [6, 6.07) is 0. The van der Waals surface area contributed by atoms with Gasteiger partial charge in [-0.1, -0.05) is 0 Å². The molecule has 7 rings (SSSR count). The summed E-state index contributed by atoms with van der Waals surface area (Å²) in [6.45, 7) is 0.692. The molecule has 166 valence electrons. The highest BCUT2D eigenvalue weighted by molar-refractivity contribution is 5.69. The Bertz CT molecular complexity index is 686. The number of hydrogen-bond donors (Lipinski definition) is 0. The second kappa shape index (κ2) is 7.24. The van der Waals surface area contributed by atoms with Gasteiger partial charge in [-0.15, -0.1) is 0 Å². The van der Waals surface area contributed by atoms with Crippen LogP contribution in [-0.4, -0.2) is 12.6 Å². The largest absolute Gasteiger partial charge is 0.466 e. The average Bonchev–Trinajstić information content (AvgIpc) is 3.54. The van der Waals surface area contributed by atoms with Crippen LogP contribution in [0.5, 0.6) is 0 Å². The number of cyclic esters (lactones) is 1. The molecule has 0 radical (unpaired) electrons. The molecule has 0 N–H and O–H groups in total. The topological polar surface area (TPSA) is 26.3 Å². The van der Waals surface area contributed by atoms with Gasteiger partial charge in [-0.05, 0) is 154 Å². The second-order valence-electron chi connectivity index (χ2n) is 13.3. The number of esters is 1. The van der Waals surface area contributed by atoms with Crippen LogP contribution in [0.3, 0.4) is 0 Å². The minimum Gasteiger partial charge on any atom is -0.466 e. The van der Waals surface area contributed by atoms with Crippen molar-refractivity contribution < 1.29 is 9.53 Å². The standard InChI is InChI=1S/C28H42O2/c29-28-2-1-16-5-18(16)7-20-9-22(20)11-24-13-26(24)15-27-14-25(27)12-23-10-21(23)8-19-6-17(19)3-4-30-28/h16-27H,1-15H2. The van der Waals surface area contributed by atoms with Gasteiger partial charge >= 0.3 is 5.97 Å². The van der Waals surface area contributed by atoms with Gasteiger partial charge in [0.25, 0.3) is 0 Å². The van der Waals surface area contributed by atoms with Crippen molar-refractivity contribution in [1.29, 1.82) is 0 Å². The van der Waals surface area contributed by atoms with Crippen LogP contribution < -0.4 is 0 Å². The van der Waals surface area contributed by atoms with Crippen molar-refractivity contribution in [3.05, 3.63) is 0 Å². The molecule has 1 heterocycles. The molecule has 6 aliphatic carbocycles. The summed E-state index contributed by atoms with van der Waals surface area (Å²) < 4.78 is 5.60. The van der Waals surface area contributed by atoms with Crippen molar-refractivity contribution in [1.82, 2.24) is 0 Å². The van der Waals surface area contributed by atoms with Gasteiger partial charge in [0, 0.05) is 6.42 Å². The van der Waals surface area contributed by atoms with E-state index in [1.165, 1.54) is 32.1 Å². The van der Waals surface area contributed by atoms with E-state index in [2.05, 4.69) is 0 Å². The van der Waals surface area contributed by atoms with E-state index in [0.29, 0.717) is 13.0 Å². The first-order chi connectivity index (χ1) is 14.7. The Morgan fingerprint density at radius 1 is 0.433 bits per heavy atom. The summed E-state index contributed by atoms with van der Waals surface area (Å²) in [5.41, 5.74) is 0. The molecule has 0 aromatic rings. The van der Waals surface area contributed by atoms with E-state index < -0.39 is 0 Å². The molecule has 12 unspecified atom stereocenters. The molecule has 7 aliphatic rings. The molecule has 2 nitrogen and oxygen atoms in total. The molecule has 0 amide bonds. The van der Waals surface area contributed by atoms with Crippen LogP contribution in [0.1, 0.15) is 89.9 Å². The van der Waals surface area contributed by atoms with E-state index in [-0.39, 0.29) is 5.97 Å². The van der Waals surface area contributed by atoms with Gasteiger partial charge in [-0.25, -0.2) is 0 Å². The normalized spacial score (nSPS) is 57.0. The van der Waals surface area contributed by atoms with Crippen molar-refractivity contribution in [3.63, 3.8) is 0 Å². The van der Waals surface area contributed by atoms with E-state index in [4.69, 9.17) is 4.74 Å². The van der Waals surface area contributed by atoms with E-state index in [1.54, 1.807) is 38.5 Å². The van der Waals surface area contributed by atoms with Gasteiger partial charge in [0.15, 0.2) is 0 Å². The Morgan fingerprint density at radius 3 is 1.13 bits per heavy atom. The maximum Gasteiger partial charge on any atom is 0.305 e. The van der Waals surface area contributed by atoms with E-state index in [9.17, 15) is 4.79 Å². The van der Waals surface area contributed by atoms with Gasteiger partial charge in [0.05, 0.1) is 6.61 Å². The molecule has 0 aromatic carbocycles. The lowest BCUT2D eigenvalue weighted by atomic mass is 10.0. The van der Waals surface area contributed by atoms with Crippen molar-refractivity contribution >= 4 is 5.97 Å². The highest BCUT2D eigenvalue weighted by atomic mass is 16.5. The predicted octanol–water partition coefficient (Wildman–Crippen LogP) is 6.48. The molecule has 12 atom stereocenters. The number of fused-ring (bicyclic) bond motifs is 6. The van der Waals surface area contributed by atoms with Crippen LogP contribution in [0.25, 0.3) is 0 Å². The highest BCUT2D eigenvalue weighted by Crippen LogP contribution is 2.62. The lowest BCUT2D eigenvalue weighted by Crippen LogP contribution is -2.07. The Balaban J connectivity index is 0.910. The second-order valence-corrected chi connectivity index (χ2v) is 13.3. The third-order valence-electron chi connectivity index (χ3n) is 10.9. The van der Waals surface area contributed by atoms with Crippen LogP contribution in [0.4, 0.5) is 0 Å². The lowest BCUT2D eigenvalue weighted by molar-refractivity contribution is -0.144. The number of rotatable bonds is 0. The van der Waals surface area contributed by atoms with Crippen LogP contribution >= 0.6 is 0 Å². The zero-order valence-electron chi connectivity index (χ0n) is 18.9. The minimum atomic E-state index is 0.0848. The van der Waals surface area contributed by atoms with Crippen LogP contribution in [-0.2, 0) is 9.53 Å². The average molecular weight is 411 g/mol. The van der Waals surface area contributed by atoms with E-state index in [0.717, 1.165) is 83.9 Å².